The number of hydrogen-bond acceptors (Lipinski definition) is 4. The molecule has 4 heterocycles. The Morgan fingerprint density at radius 2 is 0.977 bits per heavy atom. The van der Waals surface area contributed by atoms with Crippen LogP contribution < -0.4 is 24.8 Å². The first-order chi connectivity index (χ1) is 21.3. The maximum absolute atomic E-state index is 2.59. The third kappa shape index (κ3) is 2.94. The fourth-order valence-electron chi connectivity index (χ4n) is 7.98. The topological polar surface area (TPSA) is 6.48 Å². The summed E-state index contributed by atoms with van der Waals surface area (Å²) in [4.78, 5) is 5.19. The van der Waals surface area contributed by atoms with E-state index in [0.717, 1.165) is 0 Å². The minimum absolute atomic E-state index is 0.205. The summed E-state index contributed by atoms with van der Waals surface area (Å²) in [5.74, 6) is 0. The van der Waals surface area contributed by atoms with Crippen LogP contribution >= 0.6 is 22.7 Å². The molecule has 4 aliphatic rings. The molecule has 0 unspecified atom stereocenters. The van der Waals surface area contributed by atoms with Gasteiger partial charge in [0.2, 0.25) is 0 Å². The van der Waals surface area contributed by atoms with Crippen LogP contribution in [-0.2, 0) is 25.7 Å². The van der Waals surface area contributed by atoms with Crippen molar-refractivity contribution in [1.82, 2.24) is 0 Å². The molecule has 2 nitrogen and oxygen atoms in total. The highest BCUT2D eigenvalue weighted by Crippen LogP contribution is 2.50. The van der Waals surface area contributed by atoms with Gasteiger partial charge in [-0.1, -0.05) is 54.6 Å². The van der Waals surface area contributed by atoms with Gasteiger partial charge in [0.05, 0.1) is 11.4 Å². The van der Waals surface area contributed by atoms with E-state index in [1.54, 1.807) is 0 Å². The number of rotatable bonds is 2. The Hall–Kier alpha value is -4.32. The van der Waals surface area contributed by atoms with Gasteiger partial charge in [0.15, 0.2) is 0 Å². The fraction of sp³-hybridized carbons (Fsp3) is 0.105. The molecule has 2 aromatic heterocycles. The van der Waals surface area contributed by atoms with Gasteiger partial charge < -0.3 is 9.80 Å². The summed E-state index contributed by atoms with van der Waals surface area (Å²) >= 11 is 3.98. The maximum Gasteiger partial charge on any atom is 0.277 e. The van der Waals surface area contributed by atoms with Crippen molar-refractivity contribution in [3.8, 4) is 0 Å². The van der Waals surface area contributed by atoms with Crippen LogP contribution in [0.1, 0.15) is 22.3 Å². The smallest absolute Gasteiger partial charge is 0.277 e. The first-order valence-electron chi connectivity index (χ1n) is 15.3. The Kier molecular flexibility index (Phi) is 4.42. The summed E-state index contributed by atoms with van der Waals surface area (Å²) in [5.41, 5.74) is 15.4. The molecule has 43 heavy (non-hydrogen) atoms. The zero-order valence-electron chi connectivity index (χ0n) is 23.4. The molecule has 0 atom stereocenters. The van der Waals surface area contributed by atoms with E-state index in [-0.39, 0.29) is 6.71 Å². The number of nitrogens with zero attached hydrogens (tertiary/aromatic N) is 2. The normalized spacial score (nSPS) is 15.4. The molecular formula is C38H25BN2S2. The summed E-state index contributed by atoms with van der Waals surface area (Å²) in [6.45, 7) is 0.205. The van der Waals surface area contributed by atoms with E-state index in [2.05, 4.69) is 113 Å². The van der Waals surface area contributed by atoms with Gasteiger partial charge >= 0.3 is 0 Å². The van der Waals surface area contributed by atoms with E-state index in [4.69, 9.17) is 0 Å². The molecule has 11 rings (SSSR count). The molecule has 2 aliphatic heterocycles. The monoisotopic (exact) mass is 584 g/mol. The van der Waals surface area contributed by atoms with Gasteiger partial charge in [-0.3, -0.25) is 0 Å². The summed E-state index contributed by atoms with van der Waals surface area (Å²) < 4.78 is 5.66. The third-order valence-corrected chi connectivity index (χ3v) is 12.7. The minimum atomic E-state index is 0.205. The quantitative estimate of drug-likeness (QED) is 0.188. The van der Waals surface area contributed by atoms with Crippen molar-refractivity contribution < 1.29 is 0 Å². The highest BCUT2D eigenvalue weighted by molar-refractivity contribution is 7.40. The van der Waals surface area contributed by atoms with Crippen molar-refractivity contribution in [3.05, 3.63) is 125 Å². The fourth-order valence-corrected chi connectivity index (χ4v) is 10.7. The Morgan fingerprint density at radius 3 is 1.44 bits per heavy atom. The van der Waals surface area contributed by atoms with Gasteiger partial charge in [-0.05, 0) is 102 Å². The Balaban J connectivity index is 1.27. The number of anilines is 6. The lowest BCUT2D eigenvalue weighted by Gasteiger charge is -2.42. The molecule has 7 aromatic rings. The summed E-state index contributed by atoms with van der Waals surface area (Å²) in [7, 11) is 0. The Bertz CT molecular complexity index is 2190. The van der Waals surface area contributed by atoms with Crippen LogP contribution in [0, 0.1) is 0 Å². The predicted octanol–water partition coefficient (Wildman–Crippen LogP) is 8.40. The molecule has 2 aliphatic carbocycles. The minimum Gasteiger partial charge on any atom is -0.310 e. The highest BCUT2D eigenvalue weighted by Gasteiger charge is 2.46. The summed E-state index contributed by atoms with van der Waals surface area (Å²) in [5, 5.41) is 2.71. The standard InChI is InChI=1S/C38H25BN2S2/c1-3-10-32-28(6-1)35-37(42-32)39-34-30(40(35)26-18-16-22-12-14-24(22)20-26)8-5-9-31(34)41(27-19-17-23-13-15-25(23)21-27)36-29-7-2-4-11-33(29)43-38(36)39/h1-11,16-21H,12-15H2. The van der Waals surface area contributed by atoms with E-state index in [1.165, 1.54) is 117 Å². The number of fused-ring (bicyclic) bond motifs is 10. The molecule has 0 radical (unpaired) electrons. The molecule has 0 saturated heterocycles. The van der Waals surface area contributed by atoms with Crippen LogP contribution in [0.4, 0.5) is 34.1 Å². The van der Waals surface area contributed by atoms with Crippen molar-refractivity contribution in [1.29, 1.82) is 0 Å². The molecule has 0 N–H and O–H groups in total. The summed E-state index contributed by atoms with van der Waals surface area (Å²) in [6, 6.07) is 39.4. The molecule has 0 amide bonds. The SMILES string of the molecule is c1cc2c3c(c1)N(c1ccc4c(c1)CC4)c1c(sc4ccccc14)B3c1sc3ccccc3c1N2c1ccc2c(c1)CC2. The van der Waals surface area contributed by atoms with Gasteiger partial charge in [-0.2, -0.15) is 0 Å². The second-order valence-corrected chi connectivity index (χ2v) is 14.5. The lowest BCUT2D eigenvalue weighted by molar-refractivity contribution is 0.839. The van der Waals surface area contributed by atoms with Crippen molar-refractivity contribution in [2.24, 2.45) is 0 Å². The zero-order chi connectivity index (χ0) is 27.8. The van der Waals surface area contributed by atoms with E-state index in [1.807, 2.05) is 22.7 Å². The van der Waals surface area contributed by atoms with Crippen molar-refractivity contribution >= 4 is 98.7 Å². The van der Waals surface area contributed by atoms with Crippen LogP contribution in [0.2, 0.25) is 0 Å². The molecule has 0 spiro atoms. The average Bonchev–Trinajstić information content (AvgIpc) is 3.58. The maximum atomic E-state index is 2.59. The predicted molar refractivity (Wildman–Crippen MR) is 186 cm³/mol. The molecule has 5 aromatic carbocycles. The van der Waals surface area contributed by atoms with Crippen LogP contribution in [0.5, 0.6) is 0 Å². The second-order valence-electron chi connectivity index (χ2n) is 12.3. The van der Waals surface area contributed by atoms with Crippen LogP contribution in [-0.4, -0.2) is 6.71 Å². The van der Waals surface area contributed by atoms with E-state index < -0.39 is 0 Å². The van der Waals surface area contributed by atoms with Gasteiger partial charge in [0.1, 0.15) is 0 Å². The highest BCUT2D eigenvalue weighted by atomic mass is 32.1. The second kappa shape index (κ2) is 8.19. The van der Waals surface area contributed by atoms with E-state index in [9.17, 15) is 0 Å². The van der Waals surface area contributed by atoms with Crippen molar-refractivity contribution in [2.45, 2.75) is 25.7 Å². The van der Waals surface area contributed by atoms with Gasteiger partial charge in [0.25, 0.3) is 6.71 Å². The Morgan fingerprint density at radius 1 is 0.488 bits per heavy atom. The summed E-state index contributed by atoms with van der Waals surface area (Å²) in [6.07, 6.45) is 4.77. The van der Waals surface area contributed by atoms with Crippen molar-refractivity contribution in [3.63, 3.8) is 0 Å². The van der Waals surface area contributed by atoms with Crippen LogP contribution in [0.15, 0.2) is 103 Å². The van der Waals surface area contributed by atoms with Gasteiger partial charge in [-0.25, -0.2) is 0 Å². The molecule has 0 fully saturated rings. The molecule has 0 saturated carbocycles. The third-order valence-electron chi connectivity index (χ3n) is 10.2. The number of thiophene rings is 2. The van der Waals surface area contributed by atoms with Crippen LogP contribution in [0.25, 0.3) is 20.2 Å². The average molecular weight is 585 g/mol. The molecular weight excluding hydrogens is 559 g/mol. The lowest BCUT2D eigenvalue weighted by atomic mass is 9.39. The molecule has 202 valence electrons. The Labute approximate surface area is 258 Å². The lowest BCUT2D eigenvalue weighted by Crippen LogP contribution is -2.59. The zero-order valence-corrected chi connectivity index (χ0v) is 25.1. The van der Waals surface area contributed by atoms with E-state index in [0.29, 0.717) is 0 Å². The number of benzene rings is 5. The van der Waals surface area contributed by atoms with Crippen molar-refractivity contribution in [2.75, 3.05) is 9.80 Å². The van der Waals surface area contributed by atoms with Crippen LogP contribution in [0.3, 0.4) is 0 Å². The first-order valence-corrected chi connectivity index (χ1v) is 16.9. The van der Waals surface area contributed by atoms with E-state index >= 15 is 0 Å². The number of hydrogen-bond donors (Lipinski definition) is 0. The molecule has 0 bridgehead atoms. The first kappa shape index (κ1) is 23.2. The number of aryl methyl sites for hydroxylation is 4. The van der Waals surface area contributed by atoms with Gasteiger partial charge in [0, 0.05) is 52.5 Å². The molecule has 5 heteroatoms. The largest absolute Gasteiger partial charge is 0.310 e. The van der Waals surface area contributed by atoms with Gasteiger partial charge in [-0.15, -0.1) is 22.7 Å².